The molecule has 1 N–H and O–H groups in total. The number of aryl methyl sites for hydroxylation is 2. The zero-order valence-corrected chi connectivity index (χ0v) is 13.1. The van der Waals surface area contributed by atoms with E-state index in [9.17, 15) is 4.79 Å². The van der Waals surface area contributed by atoms with Gasteiger partial charge in [0.1, 0.15) is 5.82 Å². The summed E-state index contributed by atoms with van der Waals surface area (Å²) in [5.74, 6) is 1.40. The largest absolute Gasteiger partial charge is 0.309 e. The smallest absolute Gasteiger partial charge is 0.264 e. The molecular formula is C13H13IN2OS. The van der Waals surface area contributed by atoms with E-state index in [-0.39, 0.29) is 5.56 Å². The Kier molecular flexibility index (Phi) is 4.45. The van der Waals surface area contributed by atoms with Crippen LogP contribution in [0.1, 0.15) is 17.1 Å². The summed E-state index contributed by atoms with van der Waals surface area (Å²) in [6.07, 6.45) is 0. The number of H-pyrrole nitrogens is 1. The van der Waals surface area contributed by atoms with Crippen molar-refractivity contribution in [3.05, 3.63) is 55.3 Å². The van der Waals surface area contributed by atoms with Crippen molar-refractivity contribution in [2.24, 2.45) is 0 Å². The van der Waals surface area contributed by atoms with E-state index >= 15 is 0 Å². The molecule has 1 heterocycles. The third-order valence-corrected chi connectivity index (χ3v) is 4.72. The van der Waals surface area contributed by atoms with Crippen LogP contribution in [0.25, 0.3) is 0 Å². The van der Waals surface area contributed by atoms with Crippen LogP contribution in [0.3, 0.4) is 0 Å². The van der Waals surface area contributed by atoms with Crippen LogP contribution >= 0.6 is 34.4 Å². The molecule has 0 spiro atoms. The highest BCUT2D eigenvalue weighted by Gasteiger charge is 2.05. The van der Waals surface area contributed by atoms with Crippen LogP contribution in [0, 0.1) is 17.4 Å². The first kappa shape index (κ1) is 13.6. The number of rotatable bonds is 3. The highest BCUT2D eigenvalue weighted by molar-refractivity contribution is 14.1. The van der Waals surface area contributed by atoms with Crippen molar-refractivity contribution < 1.29 is 0 Å². The van der Waals surface area contributed by atoms with E-state index in [0.29, 0.717) is 9.32 Å². The fraction of sp³-hybridized carbons (Fsp3) is 0.231. The van der Waals surface area contributed by atoms with E-state index in [1.807, 2.05) is 35.6 Å². The molecule has 0 unspecified atom stereocenters. The molecule has 0 bridgehead atoms. The fourth-order valence-corrected chi connectivity index (χ4v) is 2.69. The molecule has 3 nitrogen and oxygen atoms in total. The zero-order valence-electron chi connectivity index (χ0n) is 10.2. The van der Waals surface area contributed by atoms with E-state index in [2.05, 4.69) is 35.1 Å². The van der Waals surface area contributed by atoms with Crippen molar-refractivity contribution in [3.63, 3.8) is 0 Å². The molecule has 0 amide bonds. The van der Waals surface area contributed by atoms with Gasteiger partial charge in [0, 0.05) is 4.90 Å². The lowest BCUT2D eigenvalue weighted by Gasteiger charge is -2.04. The minimum atomic E-state index is -0.0528. The predicted octanol–water partition coefficient (Wildman–Crippen LogP) is 3.28. The maximum atomic E-state index is 11.6. The minimum Gasteiger partial charge on any atom is -0.309 e. The Labute approximate surface area is 124 Å². The number of thioether (sulfide) groups is 1. The summed E-state index contributed by atoms with van der Waals surface area (Å²) in [6.45, 7) is 3.93. The second kappa shape index (κ2) is 5.88. The number of aromatic amines is 1. The van der Waals surface area contributed by atoms with Gasteiger partial charge in [-0.2, -0.15) is 0 Å². The van der Waals surface area contributed by atoms with Crippen molar-refractivity contribution in [3.8, 4) is 0 Å². The lowest BCUT2D eigenvalue weighted by atomic mass is 10.2. The van der Waals surface area contributed by atoms with Crippen molar-refractivity contribution in [1.29, 1.82) is 0 Å². The van der Waals surface area contributed by atoms with Crippen molar-refractivity contribution in [1.82, 2.24) is 9.97 Å². The molecule has 5 heteroatoms. The topological polar surface area (TPSA) is 45.8 Å². The summed E-state index contributed by atoms with van der Waals surface area (Å²) in [6, 6.07) is 8.30. The zero-order chi connectivity index (χ0) is 13.1. The average Bonchev–Trinajstić information content (AvgIpc) is 2.33. The molecule has 0 aliphatic carbocycles. The van der Waals surface area contributed by atoms with E-state index in [4.69, 9.17) is 0 Å². The molecule has 0 aliphatic heterocycles. The maximum absolute atomic E-state index is 11.6. The Bertz CT molecular complexity index is 625. The van der Waals surface area contributed by atoms with Crippen LogP contribution in [-0.4, -0.2) is 9.97 Å². The Morgan fingerprint density at radius 1 is 1.39 bits per heavy atom. The van der Waals surface area contributed by atoms with Gasteiger partial charge in [0.15, 0.2) is 0 Å². The SMILES string of the molecule is Cc1cccc(SCc2nc(C)c(I)c(=O)[nH]2)c1. The van der Waals surface area contributed by atoms with Crippen LogP contribution in [0.2, 0.25) is 0 Å². The summed E-state index contributed by atoms with van der Waals surface area (Å²) >= 11 is 3.69. The van der Waals surface area contributed by atoms with Crippen LogP contribution < -0.4 is 5.56 Å². The second-order valence-corrected chi connectivity index (χ2v) is 6.14. The van der Waals surface area contributed by atoms with Gasteiger partial charge < -0.3 is 4.98 Å². The summed E-state index contributed by atoms with van der Waals surface area (Å²) < 4.78 is 0.664. The van der Waals surface area contributed by atoms with Crippen molar-refractivity contribution in [2.75, 3.05) is 0 Å². The highest BCUT2D eigenvalue weighted by Crippen LogP contribution is 2.21. The van der Waals surface area contributed by atoms with E-state index in [1.165, 1.54) is 10.5 Å². The van der Waals surface area contributed by atoms with Crippen LogP contribution in [-0.2, 0) is 5.75 Å². The van der Waals surface area contributed by atoms with Gasteiger partial charge in [0.25, 0.3) is 5.56 Å². The first-order chi connectivity index (χ1) is 8.56. The normalized spacial score (nSPS) is 10.6. The predicted molar refractivity (Wildman–Crippen MR) is 83.1 cm³/mol. The quantitative estimate of drug-likeness (QED) is 0.665. The average molecular weight is 372 g/mol. The van der Waals surface area contributed by atoms with Crippen LogP contribution in [0.15, 0.2) is 34.0 Å². The molecule has 2 rings (SSSR count). The fourth-order valence-electron chi connectivity index (χ4n) is 1.55. The molecule has 1 aromatic heterocycles. The van der Waals surface area contributed by atoms with Gasteiger partial charge in [-0.15, -0.1) is 11.8 Å². The van der Waals surface area contributed by atoms with Crippen molar-refractivity contribution in [2.45, 2.75) is 24.5 Å². The number of benzene rings is 1. The molecule has 18 heavy (non-hydrogen) atoms. The van der Waals surface area contributed by atoms with Crippen LogP contribution in [0.5, 0.6) is 0 Å². The minimum absolute atomic E-state index is 0.0528. The number of nitrogens with one attached hydrogen (secondary N) is 1. The number of hydrogen-bond acceptors (Lipinski definition) is 3. The lowest BCUT2D eigenvalue weighted by molar-refractivity contribution is 0.953. The standard InChI is InChI=1S/C13H13IN2OS/c1-8-4-3-5-10(6-8)18-7-11-15-9(2)12(14)13(17)16-11/h3-6H,7H2,1-2H3,(H,15,16,17). The summed E-state index contributed by atoms with van der Waals surface area (Å²) in [7, 11) is 0. The Morgan fingerprint density at radius 3 is 2.83 bits per heavy atom. The first-order valence-electron chi connectivity index (χ1n) is 5.51. The van der Waals surface area contributed by atoms with E-state index in [0.717, 1.165) is 11.5 Å². The molecule has 0 saturated heterocycles. The summed E-state index contributed by atoms with van der Waals surface area (Å²) in [5.41, 5.74) is 1.97. The number of nitrogens with zero attached hydrogens (tertiary/aromatic N) is 1. The van der Waals surface area contributed by atoms with E-state index in [1.54, 1.807) is 11.8 Å². The van der Waals surface area contributed by atoms with Gasteiger partial charge in [-0.3, -0.25) is 4.79 Å². The highest BCUT2D eigenvalue weighted by atomic mass is 127. The van der Waals surface area contributed by atoms with Crippen LogP contribution in [0.4, 0.5) is 0 Å². The first-order valence-corrected chi connectivity index (χ1v) is 7.57. The number of hydrogen-bond donors (Lipinski definition) is 1. The second-order valence-electron chi connectivity index (χ2n) is 4.02. The molecule has 2 aromatic rings. The van der Waals surface area contributed by atoms with Crippen molar-refractivity contribution >= 4 is 34.4 Å². The molecule has 0 radical (unpaired) electrons. The molecule has 1 aromatic carbocycles. The molecule has 0 aliphatic rings. The summed E-state index contributed by atoms with van der Waals surface area (Å²) in [4.78, 5) is 20.0. The van der Waals surface area contributed by atoms with Gasteiger partial charge in [0.2, 0.25) is 0 Å². The molecule has 0 saturated carbocycles. The monoisotopic (exact) mass is 372 g/mol. The number of halogens is 1. The third-order valence-electron chi connectivity index (χ3n) is 2.44. The van der Waals surface area contributed by atoms with Gasteiger partial charge in [0.05, 0.1) is 15.0 Å². The molecule has 0 fully saturated rings. The van der Waals surface area contributed by atoms with E-state index < -0.39 is 0 Å². The Morgan fingerprint density at radius 2 is 2.17 bits per heavy atom. The Balaban J connectivity index is 2.14. The van der Waals surface area contributed by atoms with Gasteiger partial charge in [-0.25, -0.2) is 4.98 Å². The van der Waals surface area contributed by atoms with Gasteiger partial charge >= 0.3 is 0 Å². The third kappa shape index (κ3) is 3.35. The van der Waals surface area contributed by atoms with Gasteiger partial charge in [-0.1, -0.05) is 17.7 Å². The summed E-state index contributed by atoms with van der Waals surface area (Å²) in [5, 5.41) is 0. The molecule has 0 atom stereocenters. The Hall–Kier alpha value is -0.820. The maximum Gasteiger partial charge on any atom is 0.264 e. The number of aromatic nitrogens is 2. The molecule has 94 valence electrons. The van der Waals surface area contributed by atoms with Gasteiger partial charge in [-0.05, 0) is 48.6 Å². The lowest BCUT2D eigenvalue weighted by Crippen LogP contribution is -2.16. The molecular weight excluding hydrogens is 359 g/mol.